The first kappa shape index (κ1) is 11.1. The van der Waals surface area contributed by atoms with Gasteiger partial charge >= 0.3 is 0 Å². The van der Waals surface area contributed by atoms with E-state index in [4.69, 9.17) is 21.1 Å². The normalized spacial score (nSPS) is 18.3. The van der Waals surface area contributed by atoms with E-state index < -0.39 is 0 Å². The van der Waals surface area contributed by atoms with Crippen molar-refractivity contribution in [2.45, 2.75) is 5.41 Å². The quantitative estimate of drug-likeness (QED) is 0.824. The Morgan fingerprint density at radius 2 is 2.27 bits per heavy atom. The second-order valence-electron chi connectivity index (χ2n) is 3.78. The molecule has 1 saturated heterocycles. The molecule has 15 heavy (non-hydrogen) atoms. The molecular formula is C11H13ClO2S. The van der Waals surface area contributed by atoms with E-state index in [9.17, 15) is 0 Å². The van der Waals surface area contributed by atoms with Gasteiger partial charge in [-0.1, -0.05) is 11.6 Å². The van der Waals surface area contributed by atoms with E-state index in [1.807, 2.05) is 18.2 Å². The van der Waals surface area contributed by atoms with Gasteiger partial charge in [0.05, 0.1) is 25.7 Å². The largest absolute Gasteiger partial charge is 0.496 e. The van der Waals surface area contributed by atoms with Crippen LogP contribution in [0.5, 0.6) is 5.75 Å². The summed E-state index contributed by atoms with van der Waals surface area (Å²) in [6.45, 7) is 1.38. The summed E-state index contributed by atoms with van der Waals surface area (Å²) in [6.07, 6.45) is 0. The molecule has 0 aromatic heterocycles. The minimum Gasteiger partial charge on any atom is -0.496 e. The van der Waals surface area contributed by atoms with Crippen LogP contribution in [-0.2, 0) is 10.2 Å². The summed E-state index contributed by atoms with van der Waals surface area (Å²) in [7, 11) is 1.67. The van der Waals surface area contributed by atoms with Gasteiger partial charge in [-0.25, -0.2) is 0 Å². The molecule has 0 atom stereocenters. The second kappa shape index (κ2) is 4.24. The fourth-order valence-electron chi connectivity index (χ4n) is 1.78. The van der Waals surface area contributed by atoms with Crippen molar-refractivity contribution in [1.29, 1.82) is 0 Å². The van der Waals surface area contributed by atoms with E-state index in [1.54, 1.807) is 7.11 Å². The van der Waals surface area contributed by atoms with Gasteiger partial charge in [-0.2, -0.15) is 12.6 Å². The fraction of sp³-hybridized carbons (Fsp3) is 0.455. The van der Waals surface area contributed by atoms with Crippen LogP contribution < -0.4 is 4.74 Å². The van der Waals surface area contributed by atoms with Crippen molar-refractivity contribution < 1.29 is 9.47 Å². The van der Waals surface area contributed by atoms with Gasteiger partial charge < -0.3 is 9.47 Å². The topological polar surface area (TPSA) is 18.5 Å². The summed E-state index contributed by atoms with van der Waals surface area (Å²) in [5, 5.41) is 0.721. The molecule has 0 N–H and O–H groups in total. The van der Waals surface area contributed by atoms with Gasteiger partial charge in [-0.3, -0.25) is 0 Å². The summed E-state index contributed by atoms with van der Waals surface area (Å²) in [6, 6.07) is 5.66. The first-order chi connectivity index (χ1) is 7.22. The highest BCUT2D eigenvalue weighted by atomic mass is 35.5. The van der Waals surface area contributed by atoms with Crippen LogP contribution in [0.15, 0.2) is 18.2 Å². The van der Waals surface area contributed by atoms with E-state index in [0.29, 0.717) is 13.2 Å². The predicted octanol–water partition coefficient (Wildman–Crippen LogP) is 2.55. The third-order valence-corrected chi connectivity index (χ3v) is 3.63. The molecule has 0 aliphatic carbocycles. The van der Waals surface area contributed by atoms with Gasteiger partial charge in [0.2, 0.25) is 0 Å². The van der Waals surface area contributed by atoms with E-state index in [-0.39, 0.29) is 5.41 Å². The zero-order valence-electron chi connectivity index (χ0n) is 8.50. The van der Waals surface area contributed by atoms with Crippen molar-refractivity contribution in [2.24, 2.45) is 0 Å². The number of benzene rings is 1. The van der Waals surface area contributed by atoms with E-state index in [2.05, 4.69) is 12.6 Å². The lowest BCUT2D eigenvalue weighted by molar-refractivity contribution is -0.0479. The number of methoxy groups -OCH3 is 1. The molecule has 4 heteroatoms. The number of rotatable bonds is 3. The lowest BCUT2D eigenvalue weighted by atomic mass is 9.80. The number of hydrogen-bond donors (Lipinski definition) is 1. The Morgan fingerprint density at radius 3 is 2.73 bits per heavy atom. The molecule has 1 heterocycles. The van der Waals surface area contributed by atoms with Gasteiger partial charge in [-0.15, -0.1) is 0 Å². The van der Waals surface area contributed by atoms with Crippen molar-refractivity contribution in [1.82, 2.24) is 0 Å². The highest BCUT2D eigenvalue weighted by Gasteiger charge is 2.41. The summed E-state index contributed by atoms with van der Waals surface area (Å²) in [4.78, 5) is 0. The van der Waals surface area contributed by atoms with Crippen LogP contribution in [0.3, 0.4) is 0 Å². The highest BCUT2D eigenvalue weighted by Crippen LogP contribution is 2.40. The van der Waals surface area contributed by atoms with Gasteiger partial charge in [0.1, 0.15) is 5.75 Å². The molecule has 0 saturated carbocycles. The standard InChI is InChI=1S/C11H13ClO2S/c1-13-10-3-2-8(12)4-9(10)11(7-15)5-14-6-11/h2-4,15H,5-7H2,1H3. The minimum absolute atomic E-state index is 0.0284. The maximum Gasteiger partial charge on any atom is 0.122 e. The predicted molar refractivity (Wildman–Crippen MR) is 64.4 cm³/mol. The van der Waals surface area contributed by atoms with Crippen LogP contribution in [0.4, 0.5) is 0 Å². The van der Waals surface area contributed by atoms with Gasteiger partial charge in [0.15, 0.2) is 0 Å². The van der Waals surface area contributed by atoms with Crippen LogP contribution in [-0.4, -0.2) is 26.1 Å². The van der Waals surface area contributed by atoms with Crippen LogP contribution in [0, 0.1) is 0 Å². The van der Waals surface area contributed by atoms with Crippen molar-refractivity contribution >= 4 is 24.2 Å². The van der Waals surface area contributed by atoms with E-state index in [1.165, 1.54) is 0 Å². The zero-order valence-corrected chi connectivity index (χ0v) is 10.1. The van der Waals surface area contributed by atoms with Crippen LogP contribution in [0.25, 0.3) is 0 Å². The number of thiol groups is 1. The molecule has 1 aliphatic rings. The molecule has 0 radical (unpaired) electrons. The maximum absolute atomic E-state index is 6.00. The van der Waals surface area contributed by atoms with E-state index >= 15 is 0 Å². The van der Waals surface area contributed by atoms with Gasteiger partial charge in [-0.05, 0) is 18.2 Å². The van der Waals surface area contributed by atoms with Crippen molar-refractivity contribution in [3.05, 3.63) is 28.8 Å². The molecule has 0 spiro atoms. The average molecular weight is 245 g/mol. The molecule has 0 amide bonds. The molecule has 82 valence electrons. The Morgan fingerprint density at radius 1 is 1.53 bits per heavy atom. The first-order valence-electron chi connectivity index (χ1n) is 4.74. The number of ether oxygens (including phenoxy) is 2. The number of hydrogen-bond acceptors (Lipinski definition) is 3. The van der Waals surface area contributed by atoms with Crippen molar-refractivity contribution in [3.63, 3.8) is 0 Å². The molecule has 0 unspecified atom stereocenters. The average Bonchev–Trinajstić information content (AvgIpc) is 2.17. The Bertz CT molecular complexity index is 358. The van der Waals surface area contributed by atoms with Crippen LogP contribution in [0.1, 0.15) is 5.56 Å². The summed E-state index contributed by atoms with van der Waals surface area (Å²) < 4.78 is 10.6. The SMILES string of the molecule is COc1ccc(Cl)cc1C1(CS)COC1. The molecule has 1 aromatic carbocycles. The Kier molecular flexibility index (Phi) is 3.14. The number of halogens is 1. The smallest absolute Gasteiger partial charge is 0.122 e. The van der Waals surface area contributed by atoms with Gasteiger partial charge in [0, 0.05) is 16.3 Å². The summed E-state index contributed by atoms with van der Waals surface area (Å²) >= 11 is 10.4. The molecule has 1 aliphatic heterocycles. The molecule has 1 fully saturated rings. The fourth-order valence-corrected chi connectivity index (χ4v) is 2.30. The molecule has 0 bridgehead atoms. The second-order valence-corrected chi connectivity index (χ2v) is 4.53. The molecule has 2 rings (SSSR count). The first-order valence-corrected chi connectivity index (χ1v) is 5.75. The van der Waals surface area contributed by atoms with Gasteiger partial charge in [0.25, 0.3) is 0 Å². The Labute approximate surface area is 99.9 Å². The summed E-state index contributed by atoms with van der Waals surface area (Å²) in [5.74, 6) is 1.60. The highest BCUT2D eigenvalue weighted by molar-refractivity contribution is 7.80. The van der Waals surface area contributed by atoms with E-state index in [0.717, 1.165) is 22.1 Å². The lowest BCUT2D eigenvalue weighted by Gasteiger charge is -2.41. The molecular weight excluding hydrogens is 232 g/mol. The molecule has 1 aromatic rings. The zero-order chi connectivity index (χ0) is 10.9. The Balaban J connectivity index is 2.44. The molecule has 2 nitrogen and oxygen atoms in total. The van der Waals surface area contributed by atoms with Crippen molar-refractivity contribution in [3.8, 4) is 5.75 Å². The lowest BCUT2D eigenvalue weighted by Crippen LogP contribution is -2.48. The minimum atomic E-state index is -0.0284. The van der Waals surface area contributed by atoms with Crippen LogP contribution in [0.2, 0.25) is 5.02 Å². The third-order valence-electron chi connectivity index (χ3n) is 2.79. The monoisotopic (exact) mass is 244 g/mol. The Hall–Kier alpha value is -0.380. The van der Waals surface area contributed by atoms with Crippen molar-refractivity contribution in [2.75, 3.05) is 26.1 Å². The van der Waals surface area contributed by atoms with Crippen LogP contribution >= 0.6 is 24.2 Å². The third kappa shape index (κ3) is 1.84. The maximum atomic E-state index is 6.00. The summed E-state index contributed by atoms with van der Waals surface area (Å²) in [5.41, 5.74) is 1.07.